The van der Waals surface area contributed by atoms with Crippen molar-refractivity contribution in [2.45, 2.75) is 6.82 Å². The number of fused-ring (bicyclic) bond motifs is 10. The molecule has 1 N–H and O–H groups in total. The van der Waals surface area contributed by atoms with E-state index in [9.17, 15) is 0 Å². The molecule has 5 nitrogen and oxygen atoms in total. The summed E-state index contributed by atoms with van der Waals surface area (Å²) in [7, 11) is -0.510. The van der Waals surface area contributed by atoms with Gasteiger partial charge in [-0.15, -0.1) is 0 Å². The quantitative estimate of drug-likeness (QED) is 0.203. The Bertz CT molecular complexity index is 2340. The molecule has 0 fully saturated rings. The second-order valence-electron chi connectivity index (χ2n) is 11.6. The Labute approximate surface area is 266 Å². The highest BCUT2D eigenvalue weighted by molar-refractivity contribution is 6.44. The molecule has 6 heteroatoms. The Morgan fingerprint density at radius 1 is 0.587 bits per heavy atom. The number of aliphatic imine (C=N–C) groups is 1. The predicted molar refractivity (Wildman–Crippen MR) is 188 cm³/mol. The van der Waals surface area contributed by atoms with Crippen LogP contribution in [0.25, 0.3) is 44.3 Å². The number of allylic oxidation sites excluding steroid dienone is 2. The summed E-state index contributed by atoms with van der Waals surface area (Å²) in [6.07, 6.45) is 4.16. The summed E-state index contributed by atoms with van der Waals surface area (Å²) in [5.41, 5.74) is 11.1. The van der Waals surface area contributed by atoms with Gasteiger partial charge in [0.05, 0.1) is 22.4 Å². The van der Waals surface area contributed by atoms with Crippen molar-refractivity contribution >= 4 is 40.2 Å². The molecule has 46 heavy (non-hydrogen) atoms. The normalized spacial score (nSPS) is 15.6. The molecule has 2 aliphatic heterocycles. The number of nitrogens with zero attached hydrogens (tertiary/aromatic N) is 2. The van der Waals surface area contributed by atoms with E-state index in [-0.39, 0.29) is 0 Å². The van der Waals surface area contributed by atoms with E-state index >= 15 is 0 Å². The van der Waals surface area contributed by atoms with Crippen LogP contribution in [0.1, 0.15) is 16.8 Å². The van der Waals surface area contributed by atoms with Gasteiger partial charge in [0.2, 0.25) is 0 Å². The number of para-hydroxylation sites is 4. The van der Waals surface area contributed by atoms with Crippen LogP contribution >= 0.6 is 0 Å². The molecule has 0 unspecified atom stereocenters. The van der Waals surface area contributed by atoms with Crippen LogP contribution in [0.4, 0.5) is 0 Å². The number of hydrogen-bond donors (Lipinski definition) is 1. The molecule has 0 spiro atoms. The van der Waals surface area contributed by atoms with Crippen molar-refractivity contribution < 1.29 is 9.31 Å². The van der Waals surface area contributed by atoms with Gasteiger partial charge in [0.1, 0.15) is 11.5 Å². The fraction of sp³-hybridized carbons (Fsp3) is 0.0250. The monoisotopic (exact) mass is 593 g/mol. The Morgan fingerprint density at radius 2 is 1.17 bits per heavy atom. The summed E-state index contributed by atoms with van der Waals surface area (Å²) < 4.78 is 15.0. The van der Waals surface area contributed by atoms with Gasteiger partial charge in [-0.05, 0) is 85.2 Å². The van der Waals surface area contributed by atoms with Crippen molar-refractivity contribution in [3.63, 3.8) is 0 Å². The molecule has 4 bridgehead atoms. The highest BCUT2D eigenvalue weighted by atomic mass is 16.6. The minimum Gasteiger partial charge on any atom is -0.525 e. The molecule has 218 valence electrons. The van der Waals surface area contributed by atoms with Crippen molar-refractivity contribution in [1.82, 2.24) is 9.55 Å². The van der Waals surface area contributed by atoms with Crippen LogP contribution in [0, 0.1) is 0 Å². The van der Waals surface area contributed by atoms with Gasteiger partial charge in [-0.1, -0.05) is 72.8 Å². The summed E-state index contributed by atoms with van der Waals surface area (Å²) in [6, 6.07) is 46.3. The molecule has 0 atom stereocenters. The second-order valence-corrected chi connectivity index (χ2v) is 11.6. The lowest BCUT2D eigenvalue weighted by Crippen LogP contribution is -2.26. The van der Waals surface area contributed by atoms with E-state index in [0.29, 0.717) is 0 Å². The molecule has 0 amide bonds. The number of H-pyrrole nitrogens is 1. The van der Waals surface area contributed by atoms with E-state index in [1.165, 1.54) is 21.8 Å². The summed E-state index contributed by atoms with van der Waals surface area (Å²) in [5, 5.41) is 2.50. The average molecular weight is 593 g/mol. The molecule has 9 rings (SSSR count). The summed E-state index contributed by atoms with van der Waals surface area (Å²) in [5.74, 6) is 1.48. The van der Waals surface area contributed by atoms with Gasteiger partial charge in [0.25, 0.3) is 0 Å². The largest absolute Gasteiger partial charge is 0.591 e. The first-order valence-corrected chi connectivity index (χ1v) is 15.5. The fourth-order valence-corrected chi connectivity index (χ4v) is 6.72. The van der Waals surface area contributed by atoms with Crippen LogP contribution in [0.3, 0.4) is 0 Å². The molecule has 5 aromatic carbocycles. The minimum atomic E-state index is -0.510. The fourth-order valence-electron chi connectivity index (χ4n) is 6.72. The van der Waals surface area contributed by atoms with Gasteiger partial charge in [-0.2, -0.15) is 0 Å². The summed E-state index contributed by atoms with van der Waals surface area (Å²) in [4.78, 5) is 8.86. The Kier molecular flexibility index (Phi) is 6.06. The van der Waals surface area contributed by atoms with Gasteiger partial charge >= 0.3 is 7.12 Å². The van der Waals surface area contributed by atoms with Crippen LogP contribution in [0.2, 0.25) is 6.82 Å². The Balaban J connectivity index is 1.23. The van der Waals surface area contributed by atoms with Crippen molar-refractivity contribution in [2.24, 2.45) is 4.99 Å². The van der Waals surface area contributed by atoms with Gasteiger partial charge in [-0.3, -0.25) is 0 Å². The smallest absolute Gasteiger partial charge is 0.525 e. The van der Waals surface area contributed by atoms with Crippen LogP contribution in [-0.2, 0) is 0 Å². The van der Waals surface area contributed by atoms with E-state index in [2.05, 4.69) is 113 Å². The highest BCUT2D eigenvalue weighted by Crippen LogP contribution is 2.38. The van der Waals surface area contributed by atoms with E-state index < -0.39 is 7.12 Å². The minimum absolute atomic E-state index is 0.510. The molecule has 4 heterocycles. The van der Waals surface area contributed by atoms with Crippen molar-refractivity contribution in [3.05, 3.63) is 168 Å². The first kappa shape index (κ1) is 26.4. The van der Waals surface area contributed by atoms with Gasteiger partial charge in [-0.25, -0.2) is 4.99 Å². The number of rotatable bonds is 2. The maximum absolute atomic E-state index is 6.35. The zero-order chi connectivity index (χ0) is 30.6. The van der Waals surface area contributed by atoms with Crippen LogP contribution in [-0.4, -0.2) is 22.4 Å². The molecule has 0 saturated carbocycles. The van der Waals surface area contributed by atoms with E-state index in [0.717, 1.165) is 62.2 Å². The third-order valence-corrected chi connectivity index (χ3v) is 8.77. The van der Waals surface area contributed by atoms with E-state index in [1.54, 1.807) is 0 Å². The lowest BCUT2D eigenvalue weighted by Gasteiger charge is -2.18. The summed E-state index contributed by atoms with van der Waals surface area (Å²) >= 11 is 0. The number of hydrogen-bond acceptors (Lipinski definition) is 3. The Morgan fingerprint density at radius 3 is 1.89 bits per heavy atom. The van der Waals surface area contributed by atoms with Crippen LogP contribution < -0.4 is 9.31 Å². The average Bonchev–Trinajstić information content (AvgIpc) is 3.84. The topological polar surface area (TPSA) is 51.5 Å². The van der Waals surface area contributed by atoms with Gasteiger partial charge in [0, 0.05) is 44.5 Å². The number of benzene rings is 5. The zero-order valence-corrected chi connectivity index (χ0v) is 25.1. The van der Waals surface area contributed by atoms with E-state index in [4.69, 9.17) is 14.3 Å². The molecular weight excluding hydrogens is 565 g/mol. The molecule has 7 aromatic rings. The summed E-state index contributed by atoms with van der Waals surface area (Å²) in [6.45, 7) is 1.91. The maximum atomic E-state index is 6.35. The number of nitrogens with one attached hydrogen (secondary N) is 1. The molecule has 2 aliphatic rings. The zero-order valence-electron chi connectivity index (χ0n) is 25.1. The molecule has 2 aromatic heterocycles. The number of aromatic nitrogens is 2. The van der Waals surface area contributed by atoms with Crippen LogP contribution in [0.5, 0.6) is 11.5 Å². The van der Waals surface area contributed by atoms with Crippen molar-refractivity contribution in [2.75, 3.05) is 0 Å². The molecule has 0 saturated heterocycles. The SMILES string of the molecule is CB1Oc2ccccc2C2=N/C(=C(/c3ccc(-n4c5ccccc5c5ccccc54)cc3)c3ccc([nH]3)-c3ccccc3O1)C=C2. The van der Waals surface area contributed by atoms with Gasteiger partial charge in [0.15, 0.2) is 0 Å². The van der Waals surface area contributed by atoms with Gasteiger partial charge < -0.3 is 18.9 Å². The van der Waals surface area contributed by atoms with Crippen molar-refractivity contribution in [3.8, 4) is 28.4 Å². The van der Waals surface area contributed by atoms with Crippen molar-refractivity contribution in [1.29, 1.82) is 0 Å². The van der Waals surface area contributed by atoms with E-state index in [1.807, 2.05) is 49.3 Å². The predicted octanol–water partition coefficient (Wildman–Crippen LogP) is 9.49. The molecule has 0 aliphatic carbocycles. The lowest BCUT2D eigenvalue weighted by atomic mass is 9.93. The highest BCUT2D eigenvalue weighted by Gasteiger charge is 2.24. The second kappa shape index (κ2) is 10.6. The first-order valence-electron chi connectivity index (χ1n) is 15.5. The molecular formula is C40H28BN3O2. The standard InChI is InChI=1S/C40H28BN3O2/c1-41-45-38-16-8-4-12-30(38)32-22-24-34(42-32)40(35-25-23-33(43-35)31-13-5-9-17-39(31)46-41)26-18-20-27(21-19-26)44-36-14-6-2-10-28(36)29-11-3-7-15-37(29)44/h2-25,42H,1H3/b40-35-. The number of aromatic amines is 1. The third-order valence-electron chi connectivity index (χ3n) is 8.77. The van der Waals surface area contributed by atoms with Crippen LogP contribution in [0.15, 0.2) is 156 Å². The maximum Gasteiger partial charge on any atom is 0.591 e. The molecule has 0 radical (unpaired) electrons. The first-order chi connectivity index (χ1) is 22.7. The Hall–Kier alpha value is -6.01. The third kappa shape index (κ3) is 4.30. The lowest BCUT2D eigenvalue weighted by molar-refractivity contribution is 0.431.